The van der Waals surface area contributed by atoms with Crippen LogP contribution in [0.4, 0.5) is 0 Å². The lowest BCUT2D eigenvalue weighted by Crippen LogP contribution is -2.48. The monoisotopic (exact) mass is 384 g/mol. The van der Waals surface area contributed by atoms with Crippen LogP contribution in [0.5, 0.6) is 0 Å². The molecule has 2 atom stereocenters. The Morgan fingerprint density at radius 1 is 1.48 bits per heavy atom. The second kappa shape index (κ2) is 8.78. The molecule has 0 bridgehead atoms. The zero-order valence-corrected chi connectivity index (χ0v) is 15.3. The Hall–Kier alpha value is -0.950. The van der Waals surface area contributed by atoms with Crippen LogP contribution in [0.15, 0.2) is 28.7 Å². The molecule has 0 aliphatic carbocycles. The third-order valence-corrected chi connectivity index (χ3v) is 4.70. The van der Waals surface area contributed by atoms with Crippen LogP contribution in [-0.4, -0.2) is 66.8 Å². The number of carboxylic acid groups (broad SMARTS) is 1. The predicted octanol–water partition coefficient (Wildman–Crippen LogP) is 2.62. The normalized spacial score (nSPS) is 20.6. The number of ether oxygens (including phenoxy) is 1. The van der Waals surface area contributed by atoms with E-state index in [1.807, 2.05) is 7.05 Å². The number of nitrogens with zero attached hydrogens (tertiary/aromatic N) is 2. The lowest BCUT2D eigenvalue weighted by Gasteiger charge is -2.39. The number of rotatable bonds is 7. The minimum atomic E-state index is -0.804. The number of carbonyl (C=O) groups is 1. The van der Waals surface area contributed by atoms with Gasteiger partial charge >= 0.3 is 5.97 Å². The molecule has 23 heavy (non-hydrogen) atoms. The maximum atomic E-state index is 10.8. The molecule has 1 aliphatic rings. The number of aliphatic carboxylic acids is 1. The number of halogens is 1. The van der Waals surface area contributed by atoms with Gasteiger partial charge in [-0.2, -0.15) is 0 Å². The van der Waals surface area contributed by atoms with Crippen LogP contribution >= 0.6 is 15.9 Å². The third kappa shape index (κ3) is 5.57. The van der Waals surface area contributed by atoms with E-state index in [4.69, 9.17) is 9.84 Å². The largest absolute Gasteiger partial charge is 0.480 e. The Balaban J connectivity index is 1.98. The van der Waals surface area contributed by atoms with Crippen molar-refractivity contribution in [1.29, 1.82) is 0 Å². The molecule has 128 valence electrons. The van der Waals surface area contributed by atoms with Crippen molar-refractivity contribution in [3.8, 4) is 0 Å². The van der Waals surface area contributed by atoms with Gasteiger partial charge in [-0.25, -0.2) is 0 Å². The van der Waals surface area contributed by atoms with Gasteiger partial charge in [-0.15, -0.1) is 0 Å². The van der Waals surface area contributed by atoms with Gasteiger partial charge < -0.3 is 9.84 Å². The van der Waals surface area contributed by atoms with E-state index in [1.54, 1.807) is 4.90 Å². The highest BCUT2D eigenvalue weighted by atomic mass is 79.9. The molecular formula is C17H25BrN2O3. The molecule has 0 saturated carbocycles. The molecule has 0 aromatic heterocycles. The van der Waals surface area contributed by atoms with Gasteiger partial charge in [0.15, 0.2) is 0 Å². The average Bonchev–Trinajstić information content (AvgIpc) is 2.49. The maximum Gasteiger partial charge on any atom is 0.317 e. The summed E-state index contributed by atoms with van der Waals surface area (Å²) in [5.74, 6) is -0.804. The lowest BCUT2D eigenvalue weighted by atomic mass is 10.0. The van der Waals surface area contributed by atoms with E-state index in [2.05, 4.69) is 52.0 Å². The van der Waals surface area contributed by atoms with Gasteiger partial charge in [-0.05, 0) is 31.2 Å². The number of benzene rings is 1. The van der Waals surface area contributed by atoms with Crippen LogP contribution in [0.2, 0.25) is 0 Å². The van der Waals surface area contributed by atoms with Crippen LogP contribution in [0.25, 0.3) is 0 Å². The number of hydrogen-bond donors (Lipinski definition) is 1. The highest BCUT2D eigenvalue weighted by molar-refractivity contribution is 9.10. The molecule has 1 aromatic carbocycles. The molecule has 6 heteroatoms. The Bertz CT molecular complexity index is 509. The number of likely N-dealkylation sites (N-methyl/N-ethyl adjacent to an activating group) is 1. The maximum absolute atomic E-state index is 10.8. The molecule has 1 N–H and O–H groups in total. The van der Waals surface area contributed by atoms with Crippen molar-refractivity contribution in [2.45, 2.75) is 25.5 Å². The fourth-order valence-electron chi connectivity index (χ4n) is 3.17. The molecule has 1 fully saturated rings. The Morgan fingerprint density at radius 2 is 2.17 bits per heavy atom. The molecule has 5 nitrogen and oxygen atoms in total. The first-order valence-corrected chi connectivity index (χ1v) is 8.80. The minimum absolute atomic E-state index is 0.0454. The molecule has 1 aliphatic heterocycles. The number of hydrogen-bond acceptors (Lipinski definition) is 4. The van der Waals surface area contributed by atoms with E-state index in [9.17, 15) is 4.79 Å². The quantitative estimate of drug-likeness (QED) is 0.782. The van der Waals surface area contributed by atoms with Crippen LogP contribution in [0.1, 0.15) is 24.9 Å². The second-order valence-electron chi connectivity index (χ2n) is 6.05. The molecule has 1 saturated heterocycles. The Kier molecular flexibility index (Phi) is 7.02. The van der Waals surface area contributed by atoms with Crippen molar-refractivity contribution in [3.05, 3.63) is 34.3 Å². The molecular weight excluding hydrogens is 360 g/mol. The van der Waals surface area contributed by atoms with Crippen molar-refractivity contribution in [3.63, 3.8) is 0 Å². The zero-order chi connectivity index (χ0) is 16.8. The first-order valence-electron chi connectivity index (χ1n) is 8.01. The van der Waals surface area contributed by atoms with E-state index in [-0.39, 0.29) is 12.6 Å². The van der Waals surface area contributed by atoms with Crippen LogP contribution in [-0.2, 0) is 9.53 Å². The third-order valence-electron chi connectivity index (χ3n) is 4.17. The van der Waals surface area contributed by atoms with Gasteiger partial charge in [0.05, 0.1) is 19.3 Å². The molecule has 1 heterocycles. The highest BCUT2D eigenvalue weighted by Crippen LogP contribution is 2.27. The summed E-state index contributed by atoms with van der Waals surface area (Å²) in [5, 5.41) is 8.87. The molecule has 2 unspecified atom stereocenters. The van der Waals surface area contributed by atoms with Gasteiger partial charge in [-0.1, -0.05) is 35.0 Å². The summed E-state index contributed by atoms with van der Waals surface area (Å²) >= 11 is 3.48. The Morgan fingerprint density at radius 3 is 2.78 bits per heavy atom. The van der Waals surface area contributed by atoms with Crippen molar-refractivity contribution in [1.82, 2.24) is 9.80 Å². The first kappa shape index (κ1) is 18.4. The van der Waals surface area contributed by atoms with Crippen molar-refractivity contribution < 1.29 is 14.6 Å². The predicted molar refractivity (Wildman–Crippen MR) is 93.6 cm³/mol. The molecule has 0 amide bonds. The summed E-state index contributed by atoms with van der Waals surface area (Å²) in [4.78, 5) is 15.0. The van der Waals surface area contributed by atoms with Gasteiger partial charge in [0.2, 0.25) is 0 Å². The van der Waals surface area contributed by atoms with Crippen molar-refractivity contribution in [2.75, 3.05) is 39.8 Å². The first-order chi connectivity index (χ1) is 11.0. The summed E-state index contributed by atoms with van der Waals surface area (Å²) in [6.45, 7) is 5.32. The molecule has 0 radical (unpaired) electrons. The summed E-state index contributed by atoms with van der Waals surface area (Å²) in [5.41, 5.74) is 1.32. The highest BCUT2D eigenvalue weighted by Gasteiger charge is 2.27. The summed E-state index contributed by atoms with van der Waals surface area (Å²) in [7, 11) is 1.82. The van der Waals surface area contributed by atoms with Gasteiger partial charge in [0.1, 0.15) is 0 Å². The molecule has 2 rings (SSSR count). The van der Waals surface area contributed by atoms with Crippen molar-refractivity contribution in [2.24, 2.45) is 0 Å². The lowest BCUT2D eigenvalue weighted by molar-refractivity contribution is -0.138. The topological polar surface area (TPSA) is 53.0 Å². The number of carboxylic acids is 1. The minimum Gasteiger partial charge on any atom is -0.480 e. The summed E-state index contributed by atoms with van der Waals surface area (Å²) in [6.07, 6.45) is 1.09. The van der Waals surface area contributed by atoms with Crippen LogP contribution in [0.3, 0.4) is 0 Å². The number of morpholine rings is 1. The van der Waals surface area contributed by atoms with E-state index in [0.29, 0.717) is 19.2 Å². The average molecular weight is 385 g/mol. The van der Waals surface area contributed by atoms with Crippen LogP contribution in [0, 0.1) is 0 Å². The van der Waals surface area contributed by atoms with E-state index in [1.165, 1.54) is 5.56 Å². The van der Waals surface area contributed by atoms with Gasteiger partial charge in [0, 0.05) is 30.1 Å². The fraction of sp³-hybridized carbons (Fsp3) is 0.588. The standard InChI is InChI=1S/C17H25BrN2O3/c1-3-16(13-4-6-14(18)7-5-13)20-8-9-23-15(11-20)10-19(2)12-17(21)22/h4-7,15-16H,3,8-12H2,1-2H3,(H,21,22). The van der Waals surface area contributed by atoms with Gasteiger partial charge in [0.25, 0.3) is 0 Å². The van der Waals surface area contributed by atoms with E-state index < -0.39 is 5.97 Å². The second-order valence-corrected chi connectivity index (χ2v) is 6.97. The molecule has 1 aromatic rings. The fourth-order valence-corrected chi connectivity index (χ4v) is 3.43. The summed E-state index contributed by atoms with van der Waals surface area (Å²) < 4.78 is 6.92. The van der Waals surface area contributed by atoms with E-state index in [0.717, 1.165) is 24.0 Å². The van der Waals surface area contributed by atoms with Crippen molar-refractivity contribution >= 4 is 21.9 Å². The Labute approximate surface area is 146 Å². The van der Waals surface area contributed by atoms with Crippen LogP contribution < -0.4 is 0 Å². The summed E-state index contributed by atoms with van der Waals surface area (Å²) in [6, 6.07) is 8.87. The SMILES string of the molecule is CCC(c1ccc(Br)cc1)N1CCOC(CN(C)CC(=O)O)C1. The zero-order valence-electron chi connectivity index (χ0n) is 13.7. The van der Waals surface area contributed by atoms with E-state index >= 15 is 0 Å². The smallest absolute Gasteiger partial charge is 0.317 e. The van der Waals surface area contributed by atoms with Gasteiger partial charge in [-0.3, -0.25) is 14.6 Å². The molecule has 0 spiro atoms.